The van der Waals surface area contributed by atoms with Crippen LogP contribution in [0.2, 0.25) is 0 Å². The molecule has 3 rings (SSSR count). The van der Waals surface area contributed by atoms with Crippen LogP contribution in [0.3, 0.4) is 0 Å². The Morgan fingerprint density at radius 3 is 1.41 bits per heavy atom. The van der Waals surface area contributed by atoms with Crippen molar-refractivity contribution in [2.75, 3.05) is 21.7 Å². The highest BCUT2D eigenvalue weighted by atomic mass is 32.2. The zero-order valence-corrected chi connectivity index (χ0v) is 16.4. The van der Waals surface area contributed by atoms with Crippen molar-refractivity contribution >= 4 is 47.0 Å². The van der Waals surface area contributed by atoms with E-state index in [1.54, 1.807) is 23.5 Å². The molecule has 2 nitrogen and oxygen atoms in total. The van der Waals surface area contributed by atoms with Crippen LogP contribution in [0.4, 0.5) is 0 Å². The maximum absolute atomic E-state index is 11.0. The van der Waals surface area contributed by atoms with Gasteiger partial charge in [0, 0.05) is 10.2 Å². The quantitative estimate of drug-likeness (QED) is 0.729. The van der Waals surface area contributed by atoms with E-state index in [0.29, 0.717) is 11.8 Å². The normalized spacial score (nSPS) is 45.0. The second-order valence-corrected chi connectivity index (χ2v) is 12.3. The summed E-state index contributed by atoms with van der Waals surface area (Å²) in [6.45, 7) is 0. The molecular formula is C16H28O2S4. The summed E-state index contributed by atoms with van der Waals surface area (Å²) < 4.78 is 0. The molecule has 1 aliphatic carbocycles. The summed E-state index contributed by atoms with van der Waals surface area (Å²) in [6, 6.07) is 0. The van der Waals surface area contributed by atoms with Crippen LogP contribution >= 0.6 is 47.0 Å². The van der Waals surface area contributed by atoms with Crippen LogP contribution in [-0.2, 0) is 0 Å². The van der Waals surface area contributed by atoms with Crippen molar-refractivity contribution in [2.45, 2.75) is 61.2 Å². The Balaban J connectivity index is 1.55. The van der Waals surface area contributed by atoms with E-state index in [9.17, 15) is 10.2 Å². The van der Waals surface area contributed by atoms with Gasteiger partial charge in [-0.15, -0.1) is 23.5 Å². The molecule has 0 radical (unpaired) electrons. The first kappa shape index (κ1) is 18.1. The molecule has 1 saturated carbocycles. The Hall–Kier alpha value is 1.32. The molecule has 3 aliphatic rings. The molecule has 0 amide bonds. The third-order valence-electron chi connectivity index (χ3n) is 5.48. The van der Waals surface area contributed by atoms with Gasteiger partial charge in [-0.2, -0.15) is 23.5 Å². The minimum atomic E-state index is -0.467. The maximum atomic E-state index is 11.0. The van der Waals surface area contributed by atoms with Gasteiger partial charge in [0.15, 0.2) is 0 Å². The van der Waals surface area contributed by atoms with Crippen molar-refractivity contribution in [1.29, 1.82) is 0 Å². The fourth-order valence-electron chi connectivity index (χ4n) is 4.04. The lowest BCUT2D eigenvalue weighted by Crippen LogP contribution is -2.40. The molecule has 6 heteroatoms. The van der Waals surface area contributed by atoms with Crippen LogP contribution in [0.25, 0.3) is 0 Å². The molecular weight excluding hydrogens is 352 g/mol. The van der Waals surface area contributed by atoms with E-state index in [-0.39, 0.29) is 0 Å². The average molecular weight is 381 g/mol. The predicted molar refractivity (Wildman–Crippen MR) is 104 cm³/mol. The van der Waals surface area contributed by atoms with Gasteiger partial charge in [0.1, 0.15) is 9.87 Å². The van der Waals surface area contributed by atoms with Crippen LogP contribution in [0.1, 0.15) is 51.4 Å². The molecule has 3 fully saturated rings. The first-order valence-corrected chi connectivity index (χ1v) is 12.8. The SMILES string of the molecule is OC1(C2CCCC(C3(O)CCSCS3)CCC2)CCSCS1. The van der Waals surface area contributed by atoms with Gasteiger partial charge in [-0.3, -0.25) is 0 Å². The minimum Gasteiger partial charge on any atom is -0.379 e. The molecule has 0 bridgehead atoms. The van der Waals surface area contributed by atoms with Gasteiger partial charge in [-0.05, 0) is 61.9 Å². The Morgan fingerprint density at radius 1 is 0.682 bits per heavy atom. The second-order valence-electron chi connectivity index (χ2n) is 6.79. The fourth-order valence-corrected chi connectivity index (χ4v) is 9.89. The van der Waals surface area contributed by atoms with E-state index in [0.717, 1.165) is 60.2 Å². The Labute approximate surface area is 151 Å². The molecule has 0 spiro atoms. The molecule has 22 heavy (non-hydrogen) atoms. The van der Waals surface area contributed by atoms with Crippen molar-refractivity contribution in [3.63, 3.8) is 0 Å². The first-order valence-electron chi connectivity index (χ1n) is 8.50. The van der Waals surface area contributed by atoms with E-state index in [1.807, 2.05) is 23.5 Å². The second kappa shape index (κ2) is 8.13. The van der Waals surface area contributed by atoms with Gasteiger partial charge in [0.05, 0.1) is 0 Å². The standard InChI is InChI=1S/C16H28O2S4/c17-15(7-9-19-11-21-15)13-3-1-4-14(6-2-5-13)16(18)8-10-20-12-22-16/h13-14,17-18H,1-12H2. The van der Waals surface area contributed by atoms with Crippen molar-refractivity contribution in [3.05, 3.63) is 0 Å². The van der Waals surface area contributed by atoms with E-state index in [2.05, 4.69) is 0 Å². The highest BCUT2D eigenvalue weighted by Gasteiger charge is 2.42. The van der Waals surface area contributed by atoms with Crippen molar-refractivity contribution < 1.29 is 10.2 Å². The third kappa shape index (κ3) is 4.29. The van der Waals surface area contributed by atoms with Crippen LogP contribution in [0.5, 0.6) is 0 Å². The summed E-state index contributed by atoms with van der Waals surface area (Å²) >= 11 is 7.47. The maximum Gasteiger partial charge on any atom is 0.114 e. The van der Waals surface area contributed by atoms with Crippen LogP contribution < -0.4 is 0 Å². The summed E-state index contributed by atoms with van der Waals surface area (Å²) in [4.78, 5) is -0.934. The Kier molecular flexibility index (Phi) is 6.70. The van der Waals surface area contributed by atoms with Gasteiger partial charge >= 0.3 is 0 Å². The van der Waals surface area contributed by atoms with Crippen molar-refractivity contribution in [2.24, 2.45) is 11.8 Å². The lowest BCUT2D eigenvalue weighted by Gasteiger charge is -2.42. The van der Waals surface area contributed by atoms with E-state index in [1.165, 1.54) is 12.8 Å². The molecule has 2 heterocycles. The van der Waals surface area contributed by atoms with Crippen LogP contribution in [-0.4, -0.2) is 41.8 Å². The molecule has 2 unspecified atom stereocenters. The largest absolute Gasteiger partial charge is 0.379 e. The number of thioether (sulfide) groups is 4. The summed E-state index contributed by atoms with van der Waals surface area (Å²) in [5, 5.41) is 24.0. The van der Waals surface area contributed by atoms with E-state index < -0.39 is 9.87 Å². The van der Waals surface area contributed by atoms with Gasteiger partial charge in [0.25, 0.3) is 0 Å². The van der Waals surface area contributed by atoms with Gasteiger partial charge in [-0.25, -0.2) is 0 Å². The number of aliphatic hydroxyl groups is 2. The number of rotatable bonds is 2. The molecule has 2 N–H and O–H groups in total. The monoisotopic (exact) mass is 380 g/mol. The minimum absolute atomic E-state index is 0.462. The summed E-state index contributed by atoms with van der Waals surface area (Å²) in [6.07, 6.45) is 8.80. The van der Waals surface area contributed by atoms with Crippen LogP contribution in [0.15, 0.2) is 0 Å². The van der Waals surface area contributed by atoms with Crippen molar-refractivity contribution in [1.82, 2.24) is 0 Å². The number of hydrogen-bond acceptors (Lipinski definition) is 6. The highest BCUT2D eigenvalue weighted by Crippen LogP contribution is 2.49. The third-order valence-corrected chi connectivity index (χ3v) is 10.8. The Morgan fingerprint density at radius 2 is 1.09 bits per heavy atom. The fraction of sp³-hybridized carbons (Fsp3) is 1.00. The molecule has 2 saturated heterocycles. The molecule has 0 aromatic rings. The average Bonchev–Trinajstić information content (AvgIpc) is 2.48. The lowest BCUT2D eigenvalue weighted by atomic mass is 9.80. The topological polar surface area (TPSA) is 40.5 Å². The van der Waals surface area contributed by atoms with E-state index in [4.69, 9.17) is 0 Å². The van der Waals surface area contributed by atoms with Gasteiger partial charge in [-0.1, -0.05) is 12.8 Å². The predicted octanol–water partition coefficient (Wildman–Crippen LogP) is 4.61. The van der Waals surface area contributed by atoms with Crippen LogP contribution in [0, 0.1) is 11.8 Å². The Bertz CT molecular complexity index is 312. The molecule has 2 aliphatic heterocycles. The molecule has 0 aromatic carbocycles. The van der Waals surface area contributed by atoms with E-state index >= 15 is 0 Å². The molecule has 0 aromatic heterocycles. The first-order chi connectivity index (χ1) is 10.6. The highest BCUT2D eigenvalue weighted by molar-refractivity contribution is 8.17. The zero-order chi connectivity index (χ0) is 15.5. The molecule has 2 atom stereocenters. The molecule has 128 valence electrons. The van der Waals surface area contributed by atoms with Crippen molar-refractivity contribution in [3.8, 4) is 0 Å². The zero-order valence-electron chi connectivity index (χ0n) is 13.2. The lowest BCUT2D eigenvalue weighted by molar-refractivity contribution is 0.0283. The number of hydrogen-bond donors (Lipinski definition) is 2. The van der Waals surface area contributed by atoms with Gasteiger partial charge in [0.2, 0.25) is 0 Å². The smallest absolute Gasteiger partial charge is 0.114 e. The summed E-state index contributed by atoms with van der Waals surface area (Å²) in [5.41, 5.74) is 0. The summed E-state index contributed by atoms with van der Waals surface area (Å²) in [7, 11) is 0. The summed E-state index contributed by atoms with van der Waals surface area (Å²) in [5.74, 6) is 3.14. The van der Waals surface area contributed by atoms with Gasteiger partial charge < -0.3 is 10.2 Å².